The molecule has 1 aromatic rings. The van der Waals surface area contributed by atoms with Gasteiger partial charge in [-0.2, -0.15) is 8.78 Å². The molecule has 0 atom stereocenters. The average molecular weight is 469 g/mol. The van der Waals surface area contributed by atoms with Crippen LogP contribution in [0.4, 0.5) is 8.78 Å². The van der Waals surface area contributed by atoms with Crippen molar-refractivity contribution in [2.45, 2.75) is 120 Å². The molecule has 1 saturated carbocycles. The fourth-order valence-corrected chi connectivity index (χ4v) is 9.83. The molecule has 0 radical (unpaired) electrons. The first-order chi connectivity index (χ1) is 15.0. The summed E-state index contributed by atoms with van der Waals surface area (Å²) >= 11 is 5.12. The predicted molar refractivity (Wildman–Crippen MR) is 133 cm³/mol. The number of unbranched alkanes of at least 4 members (excludes halogenated alkanes) is 3. The highest BCUT2D eigenvalue weighted by Crippen LogP contribution is 2.39. The number of hydrogen-bond donors (Lipinski definition) is 0. The number of hydrogen-bond acceptors (Lipinski definition) is 0. The van der Waals surface area contributed by atoms with Crippen LogP contribution >= 0.6 is 11.6 Å². The van der Waals surface area contributed by atoms with E-state index >= 15 is 0 Å². The molecule has 31 heavy (non-hydrogen) atoms. The summed E-state index contributed by atoms with van der Waals surface area (Å²) in [4.78, 5) is 0. The van der Waals surface area contributed by atoms with E-state index in [1.54, 1.807) is 31.0 Å². The van der Waals surface area contributed by atoms with E-state index in [0.717, 1.165) is 11.8 Å². The van der Waals surface area contributed by atoms with Crippen LogP contribution in [0.25, 0.3) is 0 Å². The van der Waals surface area contributed by atoms with Gasteiger partial charge in [-0.3, -0.25) is 0 Å². The Labute approximate surface area is 196 Å². The zero-order valence-electron chi connectivity index (χ0n) is 19.6. The van der Waals surface area contributed by atoms with Crippen LogP contribution in [0.5, 0.6) is 0 Å². The zero-order chi connectivity index (χ0) is 22.1. The Morgan fingerprint density at radius 2 is 1.42 bits per heavy atom. The lowest BCUT2D eigenvalue weighted by molar-refractivity contribution is 0.0951. The van der Waals surface area contributed by atoms with Gasteiger partial charge in [0.15, 0.2) is 0 Å². The summed E-state index contributed by atoms with van der Waals surface area (Å²) in [6.45, 7) is 2.32. The molecular formula is C27H43ClF2Si. The van der Waals surface area contributed by atoms with E-state index in [2.05, 4.69) is 6.92 Å². The second-order valence-electron chi connectivity index (χ2n) is 10.5. The van der Waals surface area contributed by atoms with Gasteiger partial charge in [0.1, 0.15) is 0 Å². The number of rotatable bonds is 11. The highest BCUT2D eigenvalue weighted by molar-refractivity contribution is 6.58. The van der Waals surface area contributed by atoms with Crippen molar-refractivity contribution in [2.24, 2.45) is 11.8 Å². The summed E-state index contributed by atoms with van der Waals surface area (Å²) in [6, 6.07) is 11.6. The first kappa shape index (κ1) is 25.2. The van der Waals surface area contributed by atoms with Gasteiger partial charge in [-0.05, 0) is 60.6 Å². The largest absolute Gasteiger partial charge is 0.348 e. The molecule has 0 spiro atoms. The van der Waals surface area contributed by atoms with Crippen molar-refractivity contribution in [3.8, 4) is 0 Å². The van der Waals surface area contributed by atoms with Crippen molar-refractivity contribution < 1.29 is 8.78 Å². The molecule has 2 aliphatic rings. The SMILES string of the molecule is CCCCC[Si@H]1CC[C@H](CCCC[C@H]2CC[C@H](c3ccc(C(F)(F)Cl)cc3)CC2)CC1. The van der Waals surface area contributed by atoms with Crippen LogP contribution in [-0.4, -0.2) is 8.80 Å². The van der Waals surface area contributed by atoms with Crippen LogP contribution in [0, 0.1) is 11.8 Å². The fourth-order valence-electron chi connectivity index (χ4n) is 6.09. The fraction of sp³-hybridized carbons (Fsp3) is 0.778. The third-order valence-electron chi connectivity index (χ3n) is 8.21. The lowest BCUT2D eigenvalue weighted by Gasteiger charge is -2.30. The molecular weight excluding hydrogens is 426 g/mol. The lowest BCUT2D eigenvalue weighted by atomic mass is 9.77. The van der Waals surface area contributed by atoms with Crippen molar-refractivity contribution in [1.82, 2.24) is 0 Å². The van der Waals surface area contributed by atoms with Gasteiger partial charge in [-0.15, -0.1) is 0 Å². The maximum absolute atomic E-state index is 13.2. The van der Waals surface area contributed by atoms with Crippen molar-refractivity contribution in [1.29, 1.82) is 0 Å². The Hall–Kier alpha value is -0.413. The topological polar surface area (TPSA) is 0 Å². The summed E-state index contributed by atoms with van der Waals surface area (Å²) in [5.41, 5.74) is 1.11. The minimum atomic E-state index is -3.26. The first-order valence-electron chi connectivity index (χ1n) is 13.1. The molecule has 3 rings (SSSR count). The second-order valence-corrected chi connectivity index (χ2v) is 14.4. The summed E-state index contributed by atoms with van der Waals surface area (Å²) in [7, 11) is -0.348. The quantitative estimate of drug-likeness (QED) is 0.172. The molecule has 1 aromatic carbocycles. The van der Waals surface area contributed by atoms with Crippen molar-refractivity contribution in [3.63, 3.8) is 0 Å². The highest BCUT2D eigenvalue weighted by Gasteiger charge is 2.28. The van der Waals surface area contributed by atoms with Crippen molar-refractivity contribution in [3.05, 3.63) is 35.4 Å². The van der Waals surface area contributed by atoms with Crippen molar-refractivity contribution in [2.75, 3.05) is 0 Å². The van der Waals surface area contributed by atoms with E-state index in [9.17, 15) is 8.78 Å². The minimum Gasteiger partial charge on any atom is -0.183 e. The Kier molecular flexibility index (Phi) is 10.4. The van der Waals surface area contributed by atoms with Crippen LogP contribution in [-0.2, 0) is 5.38 Å². The van der Waals surface area contributed by atoms with E-state index < -0.39 is 5.38 Å². The van der Waals surface area contributed by atoms with Crippen LogP contribution in [0.3, 0.4) is 0 Å². The van der Waals surface area contributed by atoms with Gasteiger partial charge in [0.05, 0.1) is 0 Å². The van der Waals surface area contributed by atoms with E-state index in [0.29, 0.717) is 5.92 Å². The molecule has 1 aliphatic heterocycles. The third-order valence-corrected chi connectivity index (χ3v) is 12.0. The van der Waals surface area contributed by atoms with Crippen LogP contribution in [0.2, 0.25) is 18.1 Å². The smallest absolute Gasteiger partial charge is 0.183 e. The Morgan fingerprint density at radius 3 is 1.97 bits per heavy atom. The zero-order valence-corrected chi connectivity index (χ0v) is 21.5. The van der Waals surface area contributed by atoms with Gasteiger partial charge >= 0.3 is 5.38 Å². The van der Waals surface area contributed by atoms with E-state index in [1.165, 1.54) is 88.3 Å². The third kappa shape index (κ3) is 8.46. The van der Waals surface area contributed by atoms with Crippen LogP contribution in [0.1, 0.15) is 107 Å². The monoisotopic (exact) mass is 468 g/mol. The van der Waals surface area contributed by atoms with Gasteiger partial charge in [-0.25, -0.2) is 0 Å². The normalized spacial score (nSPS) is 27.4. The molecule has 0 unspecified atom stereocenters. The molecule has 0 amide bonds. The Morgan fingerprint density at radius 1 is 0.839 bits per heavy atom. The molecule has 176 valence electrons. The molecule has 1 aliphatic carbocycles. The van der Waals surface area contributed by atoms with E-state index in [-0.39, 0.29) is 14.4 Å². The first-order valence-corrected chi connectivity index (χ1v) is 16.0. The molecule has 4 heteroatoms. The standard InChI is InChI=1S/C27H43ClF2Si/c1-2-3-6-19-31-20-17-23(18-21-31)8-5-4-7-22-9-11-24(12-10-22)25-13-15-26(16-14-25)27(28,29)30/h13-16,22-24,31H,2-12,17-21H2,1H3/t22-,23-,24-,31-. The minimum absolute atomic E-state index is 0.0982. The average Bonchev–Trinajstić information content (AvgIpc) is 2.78. The molecule has 0 bridgehead atoms. The Balaban J connectivity index is 1.26. The van der Waals surface area contributed by atoms with Gasteiger partial charge < -0.3 is 0 Å². The van der Waals surface area contributed by atoms with Crippen LogP contribution < -0.4 is 0 Å². The number of alkyl halides is 3. The van der Waals surface area contributed by atoms with Gasteiger partial charge in [0, 0.05) is 14.4 Å². The Bertz CT molecular complexity index is 611. The molecule has 0 nitrogen and oxygen atoms in total. The maximum atomic E-state index is 13.2. The second kappa shape index (κ2) is 12.7. The van der Waals surface area contributed by atoms with Crippen LogP contribution in [0.15, 0.2) is 24.3 Å². The lowest BCUT2D eigenvalue weighted by Crippen LogP contribution is -2.21. The van der Waals surface area contributed by atoms with Gasteiger partial charge in [0.25, 0.3) is 0 Å². The van der Waals surface area contributed by atoms with Gasteiger partial charge in [0.2, 0.25) is 0 Å². The maximum Gasteiger partial charge on any atom is 0.348 e. The molecule has 1 saturated heterocycles. The molecule has 1 heterocycles. The summed E-state index contributed by atoms with van der Waals surface area (Å²) in [5.74, 6) is 2.45. The summed E-state index contributed by atoms with van der Waals surface area (Å²) in [5, 5.41) is -3.26. The summed E-state index contributed by atoms with van der Waals surface area (Å²) < 4.78 is 26.4. The molecule has 0 aromatic heterocycles. The molecule has 0 N–H and O–H groups in total. The van der Waals surface area contributed by atoms with Gasteiger partial charge in [-0.1, -0.05) is 107 Å². The number of halogens is 3. The number of benzene rings is 1. The van der Waals surface area contributed by atoms with Crippen molar-refractivity contribution >= 4 is 20.4 Å². The summed E-state index contributed by atoms with van der Waals surface area (Å²) in [6.07, 6.45) is 18.1. The molecule has 2 fully saturated rings. The highest BCUT2D eigenvalue weighted by atomic mass is 35.5. The van der Waals surface area contributed by atoms with E-state index in [1.807, 2.05) is 12.1 Å². The van der Waals surface area contributed by atoms with E-state index in [4.69, 9.17) is 11.6 Å². The predicted octanol–water partition coefficient (Wildman–Crippen LogP) is 9.64.